The van der Waals surface area contributed by atoms with Gasteiger partial charge in [-0.25, -0.2) is 0 Å². The third-order valence-electron chi connectivity index (χ3n) is 4.01. The van der Waals surface area contributed by atoms with Crippen LogP contribution in [0.5, 0.6) is 5.75 Å². The van der Waals surface area contributed by atoms with E-state index in [1.807, 2.05) is 19.1 Å². The first-order chi connectivity index (χ1) is 8.93. The summed E-state index contributed by atoms with van der Waals surface area (Å²) >= 11 is 0. The molecule has 0 heterocycles. The molecule has 0 amide bonds. The fourth-order valence-electron chi connectivity index (χ4n) is 2.69. The summed E-state index contributed by atoms with van der Waals surface area (Å²) in [6.45, 7) is 6.19. The molecule has 0 saturated heterocycles. The lowest BCUT2D eigenvalue weighted by Gasteiger charge is -2.31. The molecule has 0 aliphatic heterocycles. The van der Waals surface area contributed by atoms with Crippen LogP contribution in [0.3, 0.4) is 0 Å². The molecule has 1 saturated carbocycles. The zero-order valence-electron chi connectivity index (χ0n) is 12.2. The Kier molecular flexibility index (Phi) is 3.95. The van der Waals surface area contributed by atoms with Crippen LogP contribution >= 0.6 is 0 Å². The number of Topliss-reactive ketones (excluding diaryl/α,β-unsaturated/α-hetero) is 1. The van der Waals surface area contributed by atoms with Gasteiger partial charge in [-0.2, -0.15) is 0 Å². The van der Waals surface area contributed by atoms with E-state index in [4.69, 9.17) is 10.5 Å². The maximum atomic E-state index is 12.5. The Labute approximate surface area is 115 Å². The lowest BCUT2D eigenvalue weighted by molar-refractivity contribution is 0.0832. The van der Waals surface area contributed by atoms with Gasteiger partial charge >= 0.3 is 0 Å². The van der Waals surface area contributed by atoms with Crippen molar-refractivity contribution in [2.24, 2.45) is 11.7 Å². The molecule has 1 aromatic carbocycles. The lowest BCUT2D eigenvalue weighted by Crippen LogP contribution is -2.40. The van der Waals surface area contributed by atoms with Crippen molar-refractivity contribution >= 4 is 5.78 Å². The predicted octanol–water partition coefficient (Wildman–Crippen LogP) is 3.05. The molecular formula is C16H23NO2. The number of ketones is 1. The van der Waals surface area contributed by atoms with Crippen molar-refractivity contribution in [1.29, 1.82) is 0 Å². The van der Waals surface area contributed by atoms with Crippen LogP contribution in [0.1, 0.15) is 54.1 Å². The van der Waals surface area contributed by atoms with Crippen molar-refractivity contribution in [2.45, 2.75) is 45.6 Å². The van der Waals surface area contributed by atoms with Gasteiger partial charge in [0.25, 0.3) is 0 Å². The van der Waals surface area contributed by atoms with Gasteiger partial charge in [0.1, 0.15) is 5.75 Å². The third-order valence-corrected chi connectivity index (χ3v) is 4.01. The molecule has 1 aromatic rings. The molecule has 1 aliphatic rings. The second-order valence-corrected chi connectivity index (χ2v) is 5.86. The quantitative estimate of drug-likeness (QED) is 0.847. The first kappa shape index (κ1) is 14.1. The summed E-state index contributed by atoms with van der Waals surface area (Å²) < 4.78 is 5.41. The first-order valence-corrected chi connectivity index (χ1v) is 6.92. The summed E-state index contributed by atoms with van der Waals surface area (Å²) in [6, 6.07) is 4.18. The van der Waals surface area contributed by atoms with E-state index in [9.17, 15) is 4.79 Å². The Balaban J connectivity index is 2.35. The number of hydrogen-bond donors (Lipinski definition) is 1. The highest BCUT2D eigenvalue weighted by molar-refractivity contribution is 6.00. The number of benzene rings is 1. The third kappa shape index (κ3) is 2.66. The number of ether oxygens (including phenoxy) is 1. The molecule has 1 fully saturated rings. The van der Waals surface area contributed by atoms with Crippen LogP contribution in [-0.4, -0.2) is 18.9 Å². The molecule has 0 aromatic heterocycles. The van der Waals surface area contributed by atoms with Crippen LogP contribution in [0, 0.1) is 12.8 Å². The minimum Gasteiger partial charge on any atom is -0.496 e. The first-order valence-electron chi connectivity index (χ1n) is 6.92. The van der Waals surface area contributed by atoms with Crippen LogP contribution in [0.25, 0.3) is 0 Å². The molecular weight excluding hydrogens is 238 g/mol. The van der Waals surface area contributed by atoms with Gasteiger partial charge < -0.3 is 10.5 Å². The van der Waals surface area contributed by atoms with Gasteiger partial charge in [0, 0.05) is 17.5 Å². The summed E-state index contributed by atoms with van der Waals surface area (Å²) in [5.74, 6) is 1.56. The summed E-state index contributed by atoms with van der Waals surface area (Å²) in [4.78, 5) is 12.5. The Bertz CT molecular complexity index is 488. The predicted molar refractivity (Wildman–Crippen MR) is 76.8 cm³/mol. The molecule has 0 unspecified atom stereocenters. The molecule has 2 N–H and O–H groups in total. The summed E-state index contributed by atoms with van der Waals surface area (Å²) in [6.07, 6.45) is 1.64. The molecule has 0 radical (unpaired) electrons. The highest BCUT2D eigenvalue weighted by Gasteiger charge is 2.33. The summed E-state index contributed by atoms with van der Waals surface area (Å²) in [5, 5.41) is 0. The number of aryl methyl sites for hydroxylation is 1. The van der Waals surface area contributed by atoms with Gasteiger partial charge in [0.15, 0.2) is 5.78 Å². The second-order valence-electron chi connectivity index (χ2n) is 5.86. The Morgan fingerprint density at radius 1 is 1.37 bits per heavy atom. The molecule has 1 aliphatic carbocycles. The van der Waals surface area contributed by atoms with E-state index in [0.29, 0.717) is 5.92 Å². The van der Waals surface area contributed by atoms with E-state index < -0.39 is 0 Å². The maximum Gasteiger partial charge on any atom is 0.166 e. The van der Waals surface area contributed by atoms with Gasteiger partial charge in [-0.05, 0) is 48.9 Å². The lowest BCUT2D eigenvalue weighted by atomic mass is 9.75. The fourth-order valence-corrected chi connectivity index (χ4v) is 2.69. The number of rotatable bonds is 4. The van der Waals surface area contributed by atoms with Gasteiger partial charge in [0.2, 0.25) is 0 Å². The topological polar surface area (TPSA) is 52.3 Å². The standard InChI is InChI=1S/C16H23NO2/c1-9(2)13-8-14(10(3)5-15(13)19-4)16(18)11-6-12(17)7-11/h5,8-9,11-12H,6-7,17H2,1-4H3. The maximum absolute atomic E-state index is 12.5. The Morgan fingerprint density at radius 3 is 2.47 bits per heavy atom. The second kappa shape index (κ2) is 5.33. The normalized spacial score (nSPS) is 22.2. The SMILES string of the molecule is COc1cc(C)c(C(=O)C2CC(N)C2)cc1C(C)C. The molecule has 0 spiro atoms. The molecule has 0 atom stereocenters. The van der Waals surface area contributed by atoms with Crippen LogP contribution < -0.4 is 10.5 Å². The van der Waals surface area contributed by atoms with E-state index in [2.05, 4.69) is 13.8 Å². The highest BCUT2D eigenvalue weighted by atomic mass is 16.5. The number of hydrogen-bond acceptors (Lipinski definition) is 3. The van der Waals surface area contributed by atoms with Gasteiger partial charge in [-0.1, -0.05) is 13.8 Å². The smallest absolute Gasteiger partial charge is 0.166 e. The van der Waals surface area contributed by atoms with E-state index in [1.165, 1.54) is 0 Å². The molecule has 104 valence electrons. The van der Waals surface area contributed by atoms with Gasteiger partial charge in [0.05, 0.1) is 7.11 Å². The number of methoxy groups -OCH3 is 1. The van der Waals surface area contributed by atoms with Crippen molar-refractivity contribution in [3.05, 3.63) is 28.8 Å². The molecule has 3 nitrogen and oxygen atoms in total. The van der Waals surface area contributed by atoms with E-state index in [-0.39, 0.29) is 17.7 Å². The molecule has 3 heteroatoms. The molecule has 0 bridgehead atoms. The summed E-state index contributed by atoms with van der Waals surface area (Å²) in [5.41, 5.74) is 8.70. The summed E-state index contributed by atoms with van der Waals surface area (Å²) in [7, 11) is 1.67. The van der Waals surface area contributed by atoms with E-state index in [0.717, 1.165) is 35.3 Å². The minimum atomic E-state index is 0.113. The van der Waals surface area contributed by atoms with Crippen molar-refractivity contribution < 1.29 is 9.53 Å². The van der Waals surface area contributed by atoms with Crippen LogP contribution in [0.2, 0.25) is 0 Å². The van der Waals surface area contributed by atoms with Crippen molar-refractivity contribution in [3.63, 3.8) is 0 Å². The van der Waals surface area contributed by atoms with Crippen LogP contribution in [-0.2, 0) is 0 Å². The zero-order valence-corrected chi connectivity index (χ0v) is 12.2. The average Bonchev–Trinajstić information content (AvgIpc) is 2.33. The average molecular weight is 261 g/mol. The highest BCUT2D eigenvalue weighted by Crippen LogP contribution is 2.34. The Hall–Kier alpha value is -1.35. The van der Waals surface area contributed by atoms with Crippen LogP contribution in [0.15, 0.2) is 12.1 Å². The molecule has 2 rings (SSSR count). The van der Waals surface area contributed by atoms with Crippen LogP contribution in [0.4, 0.5) is 0 Å². The molecule has 19 heavy (non-hydrogen) atoms. The van der Waals surface area contributed by atoms with Crippen molar-refractivity contribution in [3.8, 4) is 5.75 Å². The fraction of sp³-hybridized carbons (Fsp3) is 0.562. The van der Waals surface area contributed by atoms with Gasteiger partial charge in [-0.3, -0.25) is 4.79 Å². The van der Waals surface area contributed by atoms with Crippen molar-refractivity contribution in [1.82, 2.24) is 0 Å². The minimum absolute atomic E-state index is 0.113. The number of carbonyl (C=O) groups excluding carboxylic acids is 1. The Morgan fingerprint density at radius 2 is 2.00 bits per heavy atom. The zero-order chi connectivity index (χ0) is 14.2. The van der Waals surface area contributed by atoms with Gasteiger partial charge in [-0.15, -0.1) is 0 Å². The van der Waals surface area contributed by atoms with Crippen molar-refractivity contribution in [2.75, 3.05) is 7.11 Å². The largest absolute Gasteiger partial charge is 0.496 e. The monoisotopic (exact) mass is 261 g/mol. The number of nitrogens with two attached hydrogens (primary N) is 1. The van der Waals surface area contributed by atoms with E-state index in [1.54, 1.807) is 7.11 Å². The number of carbonyl (C=O) groups is 1. The van der Waals surface area contributed by atoms with E-state index >= 15 is 0 Å².